The van der Waals surface area contributed by atoms with Gasteiger partial charge in [0.2, 0.25) is 0 Å². The van der Waals surface area contributed by atoms with Gasteiger partial charge in [-0.2, -0.15) is 0 Å². The van der Waals surface area contributed by atoms with E-state index in [9.17, 15) is 4.39 Å². The average molecular weight is 254 g/mol. The van der Waals surface area contributed by atoms with E-state index in [0.717, 1.165) is 16.7 Å². The van der Waals surface area contributed by atoms with Crippen LogP contribution in [0.1, 0.15) is 24.2 Å². The fourth-order valence-corrected chi connectivity index (χ4v) is 2.12. The zero-order chi connectivity index (χ0) is 12.0. The molecule has 1 heterocycles. The van der Waals surface area contributed by atoms with Gasteiger partial charge in [0.15, 0.2) is 11.4 Å². The molecule has 4 heteroatoms. The lowest BCUT2D eigenvalue weighted by Gasteiger charge is -1.99. The van der Waals surface area contributed by atoms with Gasteiger partial charge < -0.3 is 9.73 Å². The molecule has 0 bridgehead atoms. The summed E-state index contributed by atoms with van der Waals surface area (Å²) in [5.74, 6) is 0.331. The summed E-state index contributed by atoms with van der Waals surface area (Å²) in [5.41, 5.74) is 1.26. The Morgan fingerprint density at radius 3 is 2.94 bits per heavy atom. The van der Waals surface area contributed by atoms with E-state index in [1.807, 2.05) is 6.92 Å². The number of benzene rings is 1. The summed E-state index contributed by atoms with van der Waals surface area (Å²) in [5, 5.41) is 4.27. The summed E-state index contributed by atoms with van der Waals surface area (Å²) in [6.45, 7) is 2.60. The van der Waals surface area contributed by atoms with Crippen molar-refractivity contribution in [3.63, 3.8) is 0 Å². The van der Waals surface area contributed by atoms with Crippen molar-refractivity contribution in [2.24, 2.45) is 0 Å². The van der Waals surface area contributed by atoms with Gasteiger partial charge in [-0.25, -0.2) is 4.39 Å². The van der Waals surface area contributed by atoms with Crippen LogP contribution in [0.25, 0.3) is 11.0 Å². The van der Waals surface area contributed by atoms with Gasteiger partial charge in [-0.1, -0.05) is 11.6 Å². The zero-order valence-corrected chi connectivity index (χ0v) is 10.3. The quantitative estimate of drug-likeness (QED) is 0.900. The van der Waals surface area contributed by atoms with Crippen molar-refractivity contribution in [2.45, 2.75) is 32.4 Å². The zero-order valence-electron chi connectivity index (χ0n) is 9.52. The smallest absolute Gasteiger partial charge is 0.184 e. The summed E-state index contributed by atoms with van der Waals surface area (Å²) < 4.78 is 19.3. The second-order valence-corrected chi connectivity index (χ2v) is 4.95. The summed E-state index contributed by atoms with van der Waals surface area (Å²) in [4.78, 5) is 0. The Morgan fingerprint density at radius 2 is 2.24 bits per heavy atom. The lowest BCUT2D eigenvalue weighted by atomic mass is 10.1. The maximum Gasteiger partial charge on any atom is 0.184 e. The molecule has 90 valence electrons. The van der Waals surface area contributed by atoms with Crippen LogP contribution in [-0.2, 0) is 6.54 Å². The third kappa shape index (κ3) is 1.94. The van der Waals surface area contributed by atoms with Crippen LogP contribution in [0.2, 0.25) is 5.02 Å². The van der Waals surface area contributed by atoms with Crippen LogP contribution in [-0.4, -0.2) is 6.04 Å². The minimum atomic E-state index is -0.468. The lowest BCUT2D eigenvalue weighted by Crippen LogP contribution is -2.15. The number of fused-ring (bicyclic) bond motifs is 1. The van der Waals surface area contributed by atoms with Gasteiger partial charge in [0.1, 0.15) is 5.76 Å². The van der Waals surface area contributed by atoms with Crippen molar-refractivity contribution in [2.75, 3.05) is 0 Å². The Labute approximate surface area is 104 Å². The van der Waals surface area contributed by atoms with Crippen LogP contribution in [0.4, 0.5) is 4.39 Å². The molecule has 1 aromatic carbocycles. The van der Waals surface area contributed by atoms with Gasteiger partial charge >= 0.3 is 0 Å². The molecule has 0 saturated heterocycles. The summed E-state index contributed by atoms with van der Waals surface area (Å²) in [6, 6.07) is 3.98. The fraction of sp³-hybridized carbons (Fsp3) is 0.385. The molecule has 1 aliphatic rings. The van der Waals surface area contributed by atoms with E-state index in [2.05, 4.69) is 5.32 Å². The highest BCUT2D eigenvalue weighted by Gasteiger charge is 2.22. The first kappa shape index (κ1) is 11.1. The summed E-state index contributed by atoms with van der Waals surface area (Å²) in [7, 11) is 0. The molecule has 0 radical (unpaired) electrons. The Kier molecular flexibility index (Phi) is 2.60. The molecule has 1 fully saturated rings. The molecule has 0 amide bonds. The monoisotopic (exact) mass is 253 g/mol. The Balaban J connectivity index is 2.01. The number of furan rings is 1. The Bertz CT molecular complexity index is 574. The van der Waals surface area contributed by atoms with Crippen molar-refractivity contribution in [3.8, 4) is 0 Å². The Morgan fingerprint density at radius 1 is 1.47 bits per heavy atom. The fourth-order valence-electron chi connectivity index (χ4n) is 1.97. The van der Waals surface area contributed by atoms with Crippen LogP contribution in [0, 0.1) is 12.7 Å². The first-order valence-electron chi connectivity index (χ1n) is 5.76. The molecule has 0 spiro atoms. The minimum Gasteiger partial charge on any atom is -0.456 e. The minimum absolute atomic E-state index is 0.105. The van der Waals surface area contributed by atoms with Crippen molar-refractivity contribution in [3.05, 3.63) is 34.3 Å². The average Bonchev–Trinajstić information content (AvgIpc) is 3.08. The highest BCUT2D eigenvalue weighted by molar-refractivity contribution is 6.31. The first-order chi connectivity index (χ1) is 8.16. The van der Waals surface area contributed by atoms with Crippen LogP contribution < -0.4 is 5.32 Å². The second-order valence-electron chi connectivity index (χ2n) is 4.54. The molecule has 1 saturated carbocycles. The van der Waals surface area contributed by atoms with Crippen LogP contribution in [0.5, 0.6) is 0 Å². The maximum atomic E-state index is 13.8. The number of aryl methyl sites for hydroxylation is 1. The van der Waals surface area contributed by atoms with Crippen LogP contribution in [0.3, 0.4) is 0 Å². The number of hydrogen-bond acceptors (Lipinski definition) is 2. The molecule has 1 aromatic heterocycles. The first-order valence-corrected chi connectivity index (χ1v) is 6.14. The van der Waals surface area contributed by atoms with E-state index in [0.29, 0.717) is 12.6 Å². The number of rotatable bonds is 3. The van der Waals surface area contributed by atoms with Gasteiger partial charge in [-0.05, 0) is 37.5 Å². The normalized spacial score (nSPS) is 15.7. The standard InChI is InChI=1S/C13H13ClFNO/c1-7-9-4-5-10(14)12(15)13(9)17-11(7)6-16-8-2-3-8/h4-5,8,16H,2-3,6H2,1H3. The van der Waals surface area contributed by atoms with Gasteiger partial charge in [-0.3, -0.25) is 0 Å². The van der Waals surface area contributed by atoms with Crippen molar-refractivity contribution in [1.82, 2.24) is 5.32 Å². The van der Waals surface area contributed by atoms with Gasteiger partial charge in [0.05, 0.1) is 11.6 Å². The largest absolute Gasteiger partial charge is 0.456 e. The van der Waals surface area contributed by atoms with E-state index in [1.165, 1.54) is 12.8 Å². The molecular formula is C13H13ClFNO. The van der Waals surface area contributed by atoms with Crippen molar-refractivity contribution >= 4 is 22.6 Å². The topological polar surface area (TPSA) is 25.2 Å². The molecular weight excluding hydrogens is 241 g/mol. The molecule has 2 aromatic rings. The second kappa shape index (κ2) is 4.00. The molecule has 1 N–H and O–H groups in total. The molecule has 0 aliphatic heterocycles. The van der Waals surface area contributed by atoms with E-state index >= 15 is 0 Å². The molecule has 1 aliphatic carbocycles. The lowest BCUT2D eigenvalue weighted by molar-refractivity contribution is 0.491. The Hall–Kier alpha value is -1.06. The SMILES string of the molecule is Cc1c(CNC2CC2)oc2c(F)c(Cl)ccc12. The van der Waals surface area contributed by atoms with Crippen molar-refractivity contribution in [1.29, 1.82) is 0 Å². The maximum absolute atomic E-state index is 13.8. The van der Waals surface area contributed by atoms with E-state index in [4.69, 9.17) is 16.0 Å². The summed E-state index contributed by atoms with van der Waals surface area (Å²) in [6.07, 6.45) is 2.44. The highest BCUT2D eigenvalue weighted by atomic mass is 35.5. The number of hydrogen-bond donors (Lipinski definition) is 1. The predicted molar refractivity (Wildman–Crippen MR) is 65.8 cm³/mol. The highest BCUT2D eigenvalue weighted by Crippen LogP contribution is 2.31. The summed E-state index contributed by atoms with van der Waals surface area (Å²) >= 11 is 5.74. The van der Waals surface area contributed by atoms with E-state index in [1.54, 1.807) is 12.1 Å². The van der Waals surface area contributed by atoms with Crippen molar-refractivity contribution < 1.29 is 8.81 Å². The van der Waals surface area contributed by atoms with Crippen LogP contribution in [0.15, 0.2) is 16.5 Å². The number of nitrogens with one attached hydrogen (secondary N) is 1. The van der Waals surface area contributed by atoms with E-state index in [-0.39, 0.29) is 10.6 Å². The van der Waals surface area contributed by atoms with Gasteiger partial charge in [0, 0.05) is 11.4 Å². The molecule has 17 heavy (non-hydrogen) atoms. The van der Waals surface area contributed by atoms with Gasteiger partial charge in [-0.15, -0.1) is 0 Å². The van der Waals surface area contributed by atoms with Crippen LogP contribution >= 0.6 is 11.6 Å². The predicted octanol–water partition coefficient (Wildman–Crippen LogP) is 3.79. The third-order valence-electron chi connectivity index (χ3n) is 3.23. The van der Waals surface area contributed by atoms with Gasteiger partial charge in [0.25, 0.3) is 0 Å². The molecule has 2 nitrogen and oxygen atoms in total. The molecule has 0 unspecified atom stereocenters. The molecule has 0 atom stereocenters. The third-order valence-corrected chi connectivity index (χ3v) is 3.52. The van der Waals surface area contributed by atoms with E-state index < -0.39 is 5.82 Å². The number of halogens is 2. The molecule has 3 rings (SSSR count).